The average molecular weight is 281 g/mol. The lowest BCUT2D eigenvalue weighted by Gasteiger charge is -2.29. The van der Waals surface area contributed by atoms with Crippen LogP contribution in [0.5, 0.6) is 0 Å². The van der Waals surface area contributed by atoms with Crippen LogP contribution in [0, 0.1) is 5.82 Å². The number of ether oxygens (including phenoxy) is 1. The minimum atomic E-state index is -0.404. The summed E-state index contributed by atoms with van der Waals surface area (Å²) in [6.07, 6.45) is 0. The third kappa shape index (κ3) is 2.60. The van der Waals surface area contributed by atoms with E-state index in [1.807, 2.05) is 4.90 Å². The van der Waals surface area contributed by atoms with Gasteiger partial charge in [0, 0.05) is 38.3 Å². The number of nitrogens with zero attached hydrogens (tertiary/aromatic N) is 2. The lowest BCUT2D eigenvalue weighted by atomic mass is 10.2. The first-order chi connectivity index (χ1) is 9.78. The number of rotatable bonds is 4. The number of oxazole rings is 1. The Labute approximate surface area is 115 Å². The molecule has 2 heterocycles. The number of hydrogen-bond donors (Lipinski definition) is 2. The Morgan fingerprint density at radius 3 is 2.95 bits per heavy atom. The quantitative estimate of drug-likeness (QED) is 0.809. The van der Waals surface area contributed by atoms with Gasteiger partial charge in [-0.25, -0.2) is 9.37 Å². The van der Waals surface area contributed by atoms with Crippen molar-refractivity contribution >= 4 is 16.8 Å². The highest BCUT2D eigenvalue weighted by atomic mass is 19.1. The van der Waals surface area contributed by atoms with Gasteiger partial charge < -0.3 is 24.5 Å². The summed E-state index contributed by atoms with van der Waals surface area (Å²) in [4.78, 5) is 6.11. The fraction of sp³-hybridized carbons (Fsp3) is 0.462. The van der Waals surface area contributed by atoms with E-state index in [0.29, 0.717) is 22.7 Å². The monoisotopic (exact) mass is 281 g/mol. The van der Waals surface area contributed by atoms with Crippen molar-refractivity contribution in [1.82, 2.24) is 10.3 Å². The van der Waals surface area contributed by atoms with Crippen molar-refractivity contribution in [3.63, 3.8) is 0 Å². The topological polar surface area (TPSA) is 70.8 Å². The normalized spacial score (nSPS) is 16.0. The molecular weight excluding hydrogens is 265 g/mol. The van der Waals surface area contributed by atoms with E-state index in [4.69, 9.17) is 14.3 Å². The van der Waals surface area contributed by atoms with Crippen LogP contribution in [0.2, 0.25) is 0 Å². The molecule has 0 spiro atoms. The highest BCUT2D eigenvalue weighted by Crippen LogP contribution is 2.27. The van der Waals surface area contributed by atoms with Crippen LogP contribution < -0.4 is 10.2 Å². The first-order valence-electron chi connectivity index (χ1n) is 6.51. The van der Waals surface area contributed by atoms with Gasteiger partial charge in [0.05, 0.1) is 5.69 Å². The first kappa shape index (κ1) is 13.3. The number of benzene rings is 1. The van der Waals surface area contributed by atoms with E-state index in [9.17, 15) is 4.39 Å². The fourth-order valence-corrected chi connectivity index (χ4v) is 2.33. The van der Waals surface area contributed by atoms with Crippen LogP contribution in [0.4, 0.5) is 10.1 Å². The van der Waals surface area contributed by atoms with Crippen molar-refractivity contribution in [2.45, 2.75) is 6.61 Å². The van der Waals surface area contributed by atoms with Crippen LogP contribution in [0.1, 0.15) is 5.89 Å². The standard InChI is InChI=1S/C13H16FN3O3/c14-9-5-10-12(20-13(16-10)7-19-8-18)6-11(9)17-3-1-15-2-4-17/h5-6,15,18H,1-4,7-8H2. The molecule has 2 N–H and O–H groups in total. The Kier molecular flexibility index (Phi) is 3.81. The predicted octanol–water partition coefficient (Wildman–Crippen LogP) is 0.843. The maximum Gasteiger partial charge on any atom is 0.221 e. The molecule has 7 heteroatoms. The molecule has 1 saturated heterocycles. The Balaban J connectivity index is 1.91. The first-order valence-corrected chi connectivity index (χ1v) is 6.51. The zero-order valence-electron chi connectivity index (χ0n) is 10.9. The van der Waals surface area contributed by atoms with E-state index in [2.05, 4.69) is 10.3 Å². The average Bonchev–Trinajstić information content (AvgIpc) is 2.86. The van der Waals surface area contributed by atoms with Gasteiger partial charge in [-0.05, 0) is 0 Å². The van der Waals surface area contributed by atoms with Gasteiger partial charge >= 0.3 is 0 Å². The van der Waals surface area contributed by atoms with Gasteiger partial charge in [-0.3, -0.25) is 0 Å². The second-order valence-corrected chi connectivity index (χ2v) is 4.59. The van der Waals surface area contributed by atoms with E-state index in [1.54, 1.807) is 6.07 Å². The van der Waals surface area contributed by atoms with Crippen molar-refractivity contribution < 1.29 is 18.7 Å². The lowest BCUT2D eigenvalue weighted by Crippen LogP contribution is -2.43. The molecule has 20 heavy (non-hydrogen) atoms. The number of aliphatic hydroxyl groups excluding tert-OH is 1. The zero-order chi connectivity index (χ0) is 13.9. The minimum absolute atomic E-state index is 0.0652. The number of halogens is 1. The van der Waals surface area contributed by atoms with E-state index >= 15 is 0 Å². The summed E-state index contributed by atoms with van der Waals surface area (Å²) in [5, 5.41) is 11.8. The van der Waals surface area contributed by atoms with E-state index in [-0.39, 0.29) is 12.4 Å². The highest BCUT2D eigenvalue weighted by Gasteiger charge is 2.17. The van der Waals surface area contributed by atoms with E-state index < -0.39 is 6.79 Å². The second-order valence-electron chi connectivity index (χ2n) is 4.59. The van der Waals surface area contributed by atoms with Crippen LogP contribution in [0.25, 0.3) is 11.1 Å². The molecule has 0 aliphatic carbocycles. The Morgan fingerprint density at radius 1 is 1.40 bits per heavy atom. The van der Waals surface area contributed by atoms with E-state index in [0.717, 1.165) is 26.2 Å². The predicted molar refractivity (Wildman–Crippen MR) is 70.9 cm³/mol. The van der Waals surface area contributed by atoms with Gasteiger partial charge in [0.2, 0.25) is 5.89 Å². The van der Waals surface area contributed by atoms with Crippen LogP contribution >= 0.6 is 0 Å². The molecule has 3 rings (SSSR count). The summed E-state index contributed by atoms with van der Waals surface area (Å²) in [5.74, 6) is 0.0215. The molecule has 2 aromatic rings. The summed E-state index contributed by atoms with van der Waals surface area (Å²) in [6, 6.07) is 3.05. The number of nitrogens with one attached hydrogen (secondary N) is 1. The number of hydrogen-bond acceptors (Lipinski definition) is 6. The summed E-state index contributed by atoms with van der Waals surface area (Å²) < 4.78 is 24.5. The summed E-state index contributed by atoms with van der Waals surface area (Å²) in [5.41, 5.74) is 1.51. The number of fused-ring (bicyclic) bond motifs is 1. The number of piperazine rings is 1. The maximum absolute atomic E-state index is 14.2. The van der Waals surface area contributed by atoms with Crippen molar-refractivity contribution in [3.05, 3.63) is 23.8 Å². The largest absolute Gasteiger partial charge is 0.438 e. The van der Waals surface area contributed by atoms with Crippen molar-refractivity contribution in [1.29, 1.82) is 0 Å². The van der Waals surface area contributed by atoms with Gasteiger partial charge in [0.1, 0.15) is 24.7 Å². The Morgan fingerprint density at radius 2 is 2.20 bits per heavy atom. The zero-order valence-corrected chi connectivity index (χ0v) is 10.9. The molecule has 108 valence electrons. The molecule has 1 fully saturated rings. The third-order valence-electron chi connectivity index (χ3n) is 3.28. The molecule has 1 aliphatic heterocycles. The van der Waals surface area contributed by atoms with Crippen molar-refractivity contribution in [2.75, 3.05) is 37.9 Å². The molecule has 0 amide bonds. The minimum Gasteiger partial charge on any atom is -0.438 e. The molecule has 0 bridgehead atoms. The molecule has 0 unspecified atom stereocenters. The molecule has 0 radical (unpaired) electrons. The molecule has 0 atom stereocenters. The van der Waals surface area contributed by atoms with Crippen LogP contribution in [-0.2, 0) is 11.3 Å². The van der Waals surface area contributed by atoms with Crippen LogP contribution in [0.3, 0.4) is 0 Å². The second kappa shape index (κ2) is 5.74. The van der Waals surface area contributed by atoms with Gasteiger partial charge in [-0.2, -0.15) is 0 Å². The number of aliphatic hydroxyl groups is 1. The Hall–Kier alpha value is -1.70. The summed E-state index contributed by atoms with van der Waals surface area (Å²) in [6.45, 7) is 2.86. The molecule has 1 aliphatic rings. The van der Waals surface area contributed by atoms with Gasteiger partial charge in [-0.1, -0.05) is 0 Å². The Bertz CT molecular complexity index is 596. The SMILES string of the molecule is OCOCc1nc2cc(F)c(N3CCNCC3)cc2o1. The van der Waals surface area contributed by atoms with E-state index in [1.165, 1.54) is 6.07 Å². The highest BCUT2D eigenvalue weighted by molar-refractivity contribution is 5.78. The fourth-order valence-electron chi connectivity index (χ4n) is 2.33. The lowest BCUT2D eigenvalue weighted by molar-refractivity contribution is -0.0187. The smallest absolute Gasteiger partial charge is 0.221 e. The number of aromatic nitrogens is 1. The molecule has 1 aromatic carbocycles. The van der Waals surface area contributed by atoms with Crippen LogP contribution in [0.15, 0.2) is 16.5 Å². The maximum atomic E-state index is 14.2. The summed E-state index contributed by atoms with van der Waals surface area (Å²) >= 11 is 0. The molecule has 0 saturated carbocycles. The molecule has 1 aromatic heterocycles. The van der Waals surface area contributed by atoms with Crippen LogP contribution in [-0.4, -0.2) is 43.1 Å². The van der Waals surface area contributed by atoms with Gasteiger partial charge in [-0.15, -0.1) is 0 Å². The molecule has 6 nitrogen and oxygen atoms in total. The van der Waals surface area contributed by atoms with Gasteiger partial charge in [0.15, 0.2) is 5.58 Å². The van der Waals surface area contributed by atoms with Crippen molar-refractivity contribution in [3.8, 4) is 0 Å². The van der Waals surface area contributed by atoms with Gasteiger partial charge in [0.25, 0.3) is 0 Å². The van der Waals surface area contributed by atoms with Crippen molar-refractivity contribution in [2.24, 2.45) is 0 Å². The number of anilines is 1. The summed E-state index contributed by atoms with van der Waals surface area (Å²) in [7, 11) is 0. The molecular formula is C13H16FN3O3. The third-order valence-corrected chi connectivity index (χ3v) is 3.28.